The Kier molecular flexibility index (Phi) is 9.23. The average Bonchev–Trinajstić information content (AvgIpc) is 3.66. The van der Waals surface area contributed by atoms with Crippen LogP contribution in [0.15, 0.2) is 60.8 Å². The summed E-state index contributed by atoms with van der Waals surface area (Å²) < 4.78 is 26.4. The highest BCUT2D eigenvalue weighted by atomic mass is 28.3. The SMILES string of the molecule is CC1(C)OB(c2ccc(-c3cn(COCC[Si](C)(C)C)c([C@@H]4CCCN4C(=O)OCc4ccccc4)n3)cc2)OC1(C)C. The molecule has 10 heteroatoms. The first kappa shape index (κ1) is 31.5. The van der Waals surface area contributed by atoms with Crippen LogP contribution in [0.1, 0.15) is 58.0 Å². The predicted molar refractivity (Wildman–Crippen MR) is 173 cm³/mol. The van der Waals surface area contributed by atoms with Crippen molar-refractivity contribution < 1.29 is 23.6 Å². The van der Waals surface area contributed by atoms with Crippen LogP contribution in [0.4, 0.5) is 4.79 Å². The van der Waals surface area contributed by atoms with E-state index in [0.717, 1.165) is 47.0 Å². The molecule has 2 saturated heterocycles. The summed E-state index contributed by atoms with van der Waals surface area (Å²) >= 11 is 0. The summed E-state index contributed by atoms with van der Waals surface area (Å²) in [5, 5.41) is 0. The molecular weight excluding hydrogens is 557 g/mol. The number of hydrogen-bond acceptors (Lipinski definition) is 6. The van der Waals surface area contributed by atoms with E-state index in [9.17, 15) is 4.79 Å². The summed E-state index contributed by atoms with van der Waals surface area (Å²) in [5.41, 5.74) is 2.98. The van der Waals surface area contributed by atoms with Gasteiger partial charge >= 0.3 is 13.2 Å². The van der Waals surface area contributed by atoms with E-state index in [-0.39, 0.29) is 18.7 Å². The van der Waals surface area contributed by atoms with Crippen molar-refractivity contribution in [3.63, 3.8) is 0 Å². The summed E-state index contributed by atoms with van der Waals surface area (Å²) in [5.74, 6) is 0.826. The Hall–Kier alpha value is -2.92. The first-order valence-electron chi connectivity index (χ1n) is 15.4. The van der Waals surface area contributed by atoms with E-state index in [1.165, 1.54) is 0 Å². The van der Waals surface area contributed by atoms with E-state index in [2.05, 4.69) is 64.0 Å². The number of imidazole rings is 1. The number of likely N-dealkylation sites (tertiary alicyclic amines) is 1. The summed E-state index contributed by atoms with van der Waals surface area (Å²) in [4.78, 5) is 20.1. The zero-order chi connectivity index (χ0) is 30.8. The molecule has 0 saturated carbocycles. The third kappa shape index (κ3) is 7.42. The van der Waals surface area contributed by atoms with Gasteiger partial charge in [0.25, 0.3) is 0 Å². The lowest BCUT2D eigenvalue weighted by Gasteiger charge is -2.32. The molecule has 1 aromatic heterocycles. The first-order valence-corrected chi connectivity index (χ1v) is 19.1. The zero-order valence-electron chi connectivity index (χ0n) is 26.8. The topological polar surface area (TPSA) is 75.1 Å². The van der Waals surface area contributed by atoms with E-state index in [0.29, 0.717) is 19.9 Å². The number of benzene rings is 2. The van der Waals surface area contributed by atoms with Gasteiger partial charge in [0, 0.05) is 33.0 Å². The van der Waals surface area contributed by atoms with Gasteiger partial charge in [-0.2, -0.15) is 0 Å². The molecule has 2 aliphatic heterocycles. The second kappa shape index (κ2) is 12.6. The predicted octanol–water partition coefficient (Wildman–Crippen LogP) is 6.64. The fourth-order valence-electron chi connectivity index (χ4n) is 5.33. The fourth-order valence-corrected chi connectivity index (χ4v) is 6.08. The van der Waals surface area contributed by atoms with Crippen molar-refractivity contribution in [2.45, 2.75) is 96.8 Å². The van der Waals surface area contributed by atoms with Gasteiger partial charge < -0.3 is 23.3 Å². The molecule has 2 aromatic carbocycles. The largest absolute Gasteiger partial charge is 0.494 e. The van der Waals surface area contributed by atoms with Crippen molar-refractivity contribution in [2.75, 3.05) is 13.2 Å². The van der Waals surface area contributed by atoms with E-state index < -0.39 is 26.4 Å². The fraction of sp³-hybridized carbons (Fsp3) is 0.515. The monoisotopic (exact) mass is 603 g/mol. The Morgan fingerprint density at radius 3 is 2.35 bits per heavy atom. The lowest BCUT2D eigenvalue weighted by atomic mass is 9.79. The number of carbonyl (C=O) groups is 1. The van der Waals surface area contributed by atoms with Crippen LogP contribution < -0.4 is 5.46 Å². The highest BCUT2D eigenvalue weighted by Crippen LogP contribution is 2.37. The molecule has 5 rings (SSSR count). The molecule has 3 heterocycles. The van der Waals surface area contributed by atoms with Gasteiger partial charge in [-0.05, 0) is 57.6 Å². The molecule has 1 amide bonds. The van der Waals surface area contributed by atoms with Crippen LogP contribution in [0.3, 0.4) is 0 Å². The standard InChI is InChI=1S/C33H46BN3O5Si/c1-32(2)33(3,4)42-34(41-32)27-17-15-26(16-18-27)28-22-36(24-39-20-21-43(5,6)7)30(35-28)29-14-11-19-37(29)31(38)40-23-25-12-9-8-10-13-25/h8-10,12-13,15-18,22,29H,11,14,19-21,23-24H2,1-7H3/t29-/m0/s1. The molecule has 0 spiro atoms. The molecule has 0 aliphatic carbocycles. The number of carbonyl (C=O) groups excluding carboxylic acids is 1. The average molecular weight is 604 g/mol. The Morgan fingerprint density at radius 1 is 1.02 bits per heavy atom. The maximum Gasteiger partial charge on any atom is 0.494 e. The number of hydrogen-bond donors (Lipinski definition) is 0. The molecule has 0 radical (unpaired) electrons. The van der Waals surface area contributed by atoms with Crippen LogP contribution in [-0.2, 0) is 32.1 Å². The second-order valence-electron chi connectivity index (χ2n) is 13.9. The Bertz CT molecular complexity index is 1370. The Balaban J connectivity index is 1.35. The summed E-state index contributed by atoms with van der Waals surface area (Å²) in [7, 11) is -1.64. The van der Waals surface area contributed by atoms with E-state index in [1.54, 1.807) is 0 Å². The van der Waals surface area contributed by atoms with Gasteiger partial charge in [-0.3, -0.25) is 4.90 Å². The molecule has 230 valence electrons. The lowest BCUT2D eigenvalue weighted by Crippen LogP contribution is -2.41. The summed E-state index contributed by atoms with van der Waals surface area (Å²) in [6.07, 6.45) is 3.45. The smallest absolute Gasteiger partial charge is 0.445 e. The summed E-state index contributed by atoms with van der Waals surface area (Å²) in [6, 6.07) is 18.9. The number of amides is 1. The minimum absolute atomic E-state index is 0.179. The molecule has 8 nitrogen and oxygen atoms in total. The number of rotatable bonds is 10. The molecule has 0 bridgehead atoms. The van der Waals surface area contributed by atoms with Crippen molar-refractivity contribution >= 4 is 26.7 Å². The van der Waals surface area contributed by atoms with Gasteiger partial charge in [-0.1, -0.05) is 74.2 Å². The van der Waals surface area contributed by atoms with Crippen LogP contribution in [-0.4, -0.2) is 60.1 Å². The minimum atomic E-state index is -1.22. The van der Waals surface area contributed by atoms with Gasteiger partial charge in [0.1, 0.15) is 19.2 Å². The van der Waals surface area contributed by atoms with Crippen molar-refractivity contribution in [3.8, 4) is 11.3 Å². The Morgan fingerprint density at radius 2 is 1.70 bits per heavy atom. The normalized spacial score (nSPS) is 19.7. The molecule has 2 aliphatic rings. The van der Waals surface area contributed by atoms with Gasteiger partial charge in [0.2, 0.25) is 0 Å². The second-order valence-corrected chi connectivity index (χ2v) is 19.5. The van der Waals surface area contributed by atoms with Crippen LogP contribution in [0.5, 0.6) is 0 Å². The zero-order valence-corrected chi connectivity index (χ0v) is 27.8. The third-order valence-corrected chi connectivity index (χ3v) is 10.5. The molecule has 0 unspecified atom stereocenters. The minimum Gasteiger partial charge on any atom is -0.445 e. The Labute approximate surface area is 257 Å². The summed E-state index contributed by atoms with van der Waals surface area (Å²) in [6.45, 7) is 17.3. The van der Waals surface area contributed by atoms with Crippen LogP contribution >= 0.6 is 0 Å². The number of ether oxygens (including phenoxy) is 2. The van der Waals surface area contributed by atoms with Gasteiger partial charge in [-0.15, -0.1) is 0 Å². The number of aromatic nitrogens is 2. The highest BCUT2D eigenvalue weighted by molar-refractivity contribution is 6.76. The number of nitrogens with zero attached hydrogens (tertiary/aromatic N) is 3. The lowest BCUT2D eigenvalue weighted by molar-refractivity contribution is 0.00578. The van der Waals surface area contributed by atoms with Gasteiger partial charge in [-0.25, -0.2) is 9.78 Å². The first-order chi connectivity index (χ1) is 20.3. The van der Waals surface area contributed by atoms with Crippen molar-refractivity contribution in [2.24, 2.45) is 0 Å². The quantitative estimate of drug-likeness (QED) is 0.191. The van der Waals surface area contributed by atoms with Crippen LogP contribution in [0.25, 0.3) is 11.3 Å². The van der Waals surface area contributed by atoms with Crippen molar-refractivity contribution in [1.29, 1.82) is 0 Å². The molecule has 43 heavy (non-hydrogen) atoms. The van der Waals surface area contributed by atoms with E-state index in [1.807, 2.05) is 53.6 Å². The molecule has 0 N–H and O–H groups in total. The van der Waals surface area contributed by atoms with E-state index >= 15 is 0 Å². The molecular formula is C33H46BN3O5Si. The van der Waals surface area contributed by atoms with Crippen LogP contribution in [0, 0.1) is 0 Å². The maximum atomic E-state index is 13.2. The highest BCUT2D eigenvalue weighted by Gasteiger charge is 2.51. The van der Waals surface area contributed by atoms with Crippen LogP contribution in [0.2, 0.25) is 25.7 Å². The molecule has 3 aromatic rings. The van der Waals surface area contributed by atoms with Crippen molar-refractivity contribution in [3.05, 3.63) is 72.2 Å². The molecule has 1 atom stereocenters. The van der Waals surface area contributed by atoms with Gasteiger partial charge in [0.15, 0.2) is 0 Å². The third-order valence-electron chi connectivity index (χ3n) is 8.76. The van der Waals surface area contributed by atoms with E-state index in [4.69, 9.17) is 23.8 Å². The van der Waals surface area contributed by atoms with Gasteiger partial charge in [0.05, 0.1) is 22.9 Å². The molecule has 2 fully saturated rings. The maximum absolute atomic E-state index is 13.2. The van der Waals surface area contributed by atoms with Crippen molar-refractivity contribution in [1.82, 2.24) is 14.5 Å².